The van der Waals surface area contributed by atoms with E-state index in [-0.39, 0.29) is 18.3 Å². The van der Waals surface area contributed by atoms with E-state index in [1.165, 1.54) is 11.1 Å². The van der Waals surface area contributed by atoms with Crippen LogP contribution < -0.4 is 4.74 Å². The molecule has 2 heterocycles. The van der Waals surface area contributed by atoms with Crippen LogP contribution in [0.25, 0.3) is 10.9 Å². The Morgan fingerprint density at radius 1 is 1.28 bits per heavy atom. The van der Waals surface area contributed by atoms with E-state index < -0.39 is 12.1 Å². The number of alkyl halides is 1. The second kappa shape index (κ2) is 12.7. The molecule has 1 saturated heterocycles. The number of aromatic nitrogens is 1. The summed E-state index contributed by atoms with van der Waals surface area (Å²) in [6.07, 6.45) is 2.13. The summed E-state index contributed by atoms with van der Waals surface area (Å²) in [5.41, 5.74) is 1.11. The Balaban J connectivity index is 1.38. The van der Waals surface area contributed by atoms with Crippen molar-refractivity contribution in [2.45, 2.75) is 36.8 Å². The van der Waals surface area contributed by atoms with Gasteiger partial charge in [0, 0.05) is 47.3 Å². The van der Waals surface area contributed by atoms with Gasteiger partial charge in [0.1, 0.15) is 11.9 Å². The molecule has 2 unspecified atom stereocenters. The van der Waals surface area contributed by atoms with E-state index in [1.807, 2.05) is 30.0 Å². The summed E-state index contributed by atoms with van der Waals surface area (Å²) in [6.45, 7) is 2.55. The van der Waals surface area contributed by atoms with Crippen LogP contribution in [-0.4, -0.2) is 53.5 Å². The lowest BCUT2D eigenvalue weighted by molar-refractivity contribution is -0.139. The number of carbonyl (C=O) groups is 1. The first-order valence-electron chi connectivity index (χ1n) is 12.3. The average molecular weight is 531 g/mol. The fourth-order valence-corrected chi connectivity index (χ4v) is 6.33. The second-order valence-electron chi connectivity index (χ2n) is 9.32. The molecule has 1 fully saturated rings. The van der Waals surface area contributed by atoms with Crippen LogP contribution in [0.15, 0.2) is 59.6 Å². The summed E-state index contributed by atoms with van der Waals surface area (Å²) < 4.78 is 20.9. The zero-order chi connectivity index (χ0) is 25.5. The monoisotopic (exact) mass is 530 g/mol. The van der Waals surface area contributed by atoms with Crippen LogP contribution in [-0.2, 0) is 4.79 Å². The molecule has 2 aromatic carbocycles. The highest BCUT2D eigenvalue weighted by Crippen LogP contribution is 2.39. The summed E-state index contributed by atoms with van der Waals surface area (Å²) in [6, 6.07) is 15.7. The maximum atomic E-state index is 15.6. The Labute approximate surface area is 221 Å². The molecule has 3 atom stereocenters. The molecule has 0 saturated carbocycles. The number of rotatable bonds is 11. The Bertz CT molecular complexity index is 1170. The zero-order valence-electron chi connectivity index (χ0n) is 20.4. The third kappa shape index (κ3) is 6.90. The molecule has 192 valence electrons. The van der Waals surface area contributed by atoms with Crippen LogP contribution in [0, 0.1) is 11.8 Å². The van der Waals surface area contributed by atoms with Gasteiger partial charge < -0.3 is 14.7 Å². The molecule has 1 aromatic heterocycles. The van der Waals surface area contributed by atoms with Crippen molar-refractivity contribution in [2.24, 2.45) is 11.8 Å². The Morgan fingerprint density at radius 2 is 2.08 bits per heavy atom. The number of carboxylic acid groups (broad SMARTS) is 1. The van der Waals surface area contributed by atoms with Crippen molar-refractivity contribution in [3.05, 3.63) is 65.3 Å². The summed E-state index contributed by atoms with van der Waals surface area (Å²) in [5.74, 6) is 0.962. The molecule has 36 heavy (non-hydrogen) atoms. The lowest BCUT2D eigenvalue weighted by atomic mass is 9.79. The van der Waals surface area contributed by atoms with Gasteiger partial charge in [-0.15, -0.1) is 11.8 Å². The number of hydrogen-bond acceptors (Lipinski definition) is 5. The van der Waals surface area contributed by atoms with Gasteiger partial charge in [-0.3, -0.25) is 9.78 Å². The van der Waals surface area contributed by atoms with Crippen LogP contribution in [0.1, 0.15) is 37.4 Å². The molecule has 0 bridgehead atoms. The van der Waals surface area contributed by atoms with Crippen molar-refractivity contribution >= 4 is 40.2 Å². The molecular formula is C28H32ClFN2O3S. The van der Waals surface area contributed by atoms with Crippen LogP contribution >= 0.6 is 23.4 Å². The van der Waals surface area contributed by atoms with Gasteiger partial charge in [-0.05, 0) is 68.0 Å². The number of ether oxygens (including phenoxy) is 1. The predicted octanol–water partition coefficient (Wildman–Crippen LogP) is 6.89. The van der Waals surface area contributed by atoms with E-state index in [0.29, 0.717) is 40.1 Å². The van der Waals surface area contributed by atoms with E-state index in [2.05, 4.69) is 22.0 Å². The Hall–Kier alpha value is -2.35. The third-order valence-corrected chi connectivity index (χ3v) is 8.30. The van der Waals surface area contributed by atoms with Gasteiger partial charge >= 0.3 is 5.97 Å². The average Bonchev–Trinajstić information content (AvgIpc) is 2.88. The minimum atomic E-state index is -1.26. The number of likely N-dealkylation sites (tertiary alicyclic amines) is 1. The minimum absolute atomic E-state index is 0.00919. The number of pyridine rings is 1. The molecule has 3 aromatic rings. The van der Waals surface area contributed by atoms with Gasteiger partial charge in [0.05, 0.1) is 17.6 Å². The van der Waals surface area contributed by atoms with Crippen molar-refractivity contribution in [1.82, 2.24) is 9.88 Å². The fraction of sp³-hybridized carbons (Fsp3) is 0.429. The molecule has 5 nitrogen and oxygen atoms in total. The first-order chi connectivity index (χ1) is 17.4. The highest BCUT2D eigenvalue weighted by molar-refractivity contribution is 7.99. The first kappa shape index (κ1) is 26.7. The summed E-state index contributed by atoms with van der Waals surface area (Å²) in [5, 5.41) is 10.5. The fourth-order valence-electron chi connectivity index (χ4n) is 5.12. The van der Waals surface area contributed by atoms with Crippen molar-refractivity contribution in [1.29, 1.82) is 0 Å². The van der Waals surface area contributed by atoms with Gasteiger partial charge in [-0.25, -0.2) is 4.39 Å². The van der Waals surface area contributed by atoms with Crippen molar-refractivity contribution < 1.29 is 19.0 Å². The summed E-state index contributed by atoms with van der Waals surface area (Å²) in [4.78, 5) is 19.5. The zero-order valence-corrected chi connectivity index (χ0v) is 22.0. The maximum absolute atomic E-state index is 15.6. The van der Waals surface area contributed by atoms with Crippen molar-refractivity contribution in [3.8, 4) is 5.75 Å². The highest BCUT2D eigenvalue weighted by Gasteiger charge is 2.31. The van der Waals surface area contributed by atoms with E-state index in [4.69, 9.17) is 16.3 Å². The Morgan fingerprint density at radius 3 is 2.83 bits per heavy atom. The molecular weight excluding hydrogens is 499 g/mol. The smallest absolute Gasteiger partial charge is 0.303 e. The van der Waals surface area contributed by atoms with E-state index in [1.54, 1.807) is 25.3 Å². The summed E-state index contributed by atoms with van der Waals surface area (Å²) >= 11 is 8.21. The van der Waals surface area contributed by atoms with Gasteiger partial charge in [0.25, 0.3) is 0 Å². The van der Waals surface area contributed by atoms with E-state index in [0.717, 1.165) is 31.8 Å². The lowest BCUT2D eigenvalue weighted by Gasteiger charge is -2.38. The van der Waals surface area contributed by atoms with E-state index in [9.17, 15) is 9.90 Å². The number of methoxy groups -OCH3 is 1. The van der Waals surface area contributed by atoms with Crippen LogP contribution in [0.5, 0.6) is 5.75 Å². The third-order valence-electron chi connectivity index (χ3n) is 7.00. The van der Waals surface area contributed by atoms with Crippen molar-refractivity contribution in [3.63, 3.8) is 0 Å². The molecule has 0 radical (unpaired) electrons. The Kier molecular flexibility index (Phi) is 9.46. The topological polar surface area (TPSA) is 62.7 Å². The number of piperidine rings is 1. The number of thioether (sulfide) groups is 1. The standard InChI is InChI=1S/C28H32ClFN2O3S/c1-35-21-8-10-26-23(16-21)28(24(29)17-31-26)25(30)9-7-19-11-12-32(18-20(19)15-27(33)34)13-14-36-22-5-3-2-4-6-22/h2-6,8,10,16-17,19-20,25H,7,9,11-15,18H2,1H3,(H,33,34)/t19?,20?,25-/m1/s1. The van der Waals surface area contributed by atoms with Crippen LogP contribution in [0.2, 0.25) is 5.02 Å². The molecule has 8 heteroatoms. The summed E-state index contributed by atoms with van der Waals surface area (Å²) in [7, 11) is 1.57. The van der Waals surface area contributed by atoms with Crippen LogP contribution in [0.4, 0.5) is 4.39 Å². The minimum Gasteiger partial charge on any atom is -0.497 e. The molecule has 0 amide bonds. The van der Waals surface area contributed by atoms with Gasteiger partial charge in [-0.1, -0.05) is 29.8 Å². The van der Waals surface area contributed by atoms with Crippen LogP contribution in [0.3, 0.4) is 0 Å². The lowest BCUT2D eigenvalue weighted by Crippen LogP contribution is -2.42. The second-order valence-corrected chi connectivity index (χ2v) is 10.9. The maximum Gasteiger partial charge on any atom is 0.303 e. The number of halogens is 2. The molecule has 1 aliphatic rings. The van der Waals surface area contributed by atoms with Gasteiger partial charge in [-0.2, -0.15) is 0 Å². The normalized spacial score (nSPS) is 19.3. The largest absolute Gasteiger partial charge is 0.497 e. The number of fused-ring (bicyclic) bond motifs is 1. The molecule has 1 aliphatic heterocycles. The van der Waals surface area contributed by atoms with E-state index >= 15 is 4.39 Å². The van der Waals surface area contributed by atoms with Gasteiger partial charge in [0.2, 0.25) is 0 Å². The molecule has 0 aliphatic carbocycles. The molecule has 0 spiro atoms. The van der Waals surface area contributed by atoms with Gasteiger partial charge in [0.15, 0.2) is 0 Å². The predicted molar refractivity (Wildman–Crippen MR) is 144 cm³/mol. The SMILES string of the molecule is COc1ccc2ncc(Cl)c([C@H](F)CCC3CCN(CCSc4ccccc4)CC3CC(=O)O)c2c1. The number of carboxylic acids is 1. The number of hydrogen-bond donors (Lipinski definition) is 1. The highest BCUT2D eigenvalue weighted by atomic mass is 35.5. The number of benzene rings is 2. The molecule has 1 N–H and O–H groups in total. The number of nitrogens with zero attached hydrogens (tertiary/aromatic N) is 2. The first-order valence-corrected chi connectivity index (χ1v) is 13.7. The number of aliphatic carboxylic acids is 1. The van der Waals surface area contributed by atoms with Crippen molar-refractivity contribution in [2.75, 3.05) is 32.5 Å². The molecule has 4 rings (SSSR count). The quantitative estimate of drug-likeness (QED) is 0.272.